The molecule has 2 N–H and O–H groups in total. The molecule has 1 aromatic carbocycles. The molecule has 0 saturated carbocycles. The van der Waals surface area contributed by atoms with Gasteiger partial charge in [0.25, 0.3) is 5.91 Å². The van der Waals surface area contributed by atoms with Crippen LogP contribution < -0.4 is 5.32 Å². The van der Waals surface area contributed by atoms with Crippen molar-refractivity contribution in [2.75, 3.05) is 11.9 Å². The highest BCUT2D eigenvalue weighted by Crippen LogP contribution is 2.21. The first-order valence-corrected chi connectivity index (χ1v) is 6.47. The number of hydrogen-bond acceptors (Lipinski definition) is 2. The minimum Gasteiger partial charge on any atom is -0.507 e. The summed E-state index contributed by atoms with van der Waals surface area (Å²) in [6, 6.07) is 4.41. The van der Waals surface area contributed by atoms with Crippen LogP contribution in [0.1, 0.15) is 23.2 Å². The van der Waals surface area contributed by atoms with Crippen molar-refractivity contribution in [3.05, 3.63) is 28.8 Å². The van der Waals surface area contributed by atoms with Gasteiger partial charge in [0.05, 0.1) is 5.56 Å². The molecule has 1 amide bonds. The number of amides is 1. The molecule has 0 aliphatic carbocycles. The number of unbranched alkanes of at least 4 members (excludes halogenated alkanes) is 1. The molecule has 0 aliphatic heterocycles. The molecule has 1 aromatic rings. The van der Waals surface area contributed by atoms with E-state index in [2.05, 4.69) is 21.2 Å². The van der Waals surface area contributed by atoms with Crippen LogP contribution in [0.5, 0.6) is 5.75 Å². The highest BCUT2D eigenvalue weighted by molar-refractivity contribution is 9.09. The number of benzene rings is 1. The van der Waals surface area contributed by atoms with E-state index in [4.69, 9.17) is 11.6 Å². The van der Waals surface area contributed by atoms with Gasteiger partial charge in [-0.2, -0.15) is 0 Å². The second-order valence-electron chi connectivity index (χ2n) is 3.31. The molecule has 0 atom stereocenters. The molecule has 88 valence electrons. The predicted octanol–water partition coefficient (Wildman–Crippen LogP) is 2.95. The highest BCUT2D eigenvalue weighted by Gasteiger charge is 2.10. The lowest BCUT2D eigenvalue weighted by Crippen LogP contribution is -2.24. The lowest BCUT2D eigenvalue weighted by molar-refractivity contribution is 0.0950. The average molecular weight is 307 g/mol. The van der Waals surface area contributed by atoms with Gasteiger partial charge in [0.1, 0.15) is 5.75 Å². The SMILES string of the molecule is O=C(NCCCCBr)c1cc(Cl)ccc1O. The zero-order chi connectivity index (χ0) is 12.0. The van der Waals surface area contributed by atoms with Crippen molar-refractivity contribution >= 4 is 33.4 Å². The maximum absolute atomic E-state index is 11.6. The Labute approximate surface area is 108 Å². The zero-order valence-corrected chi connectivity index (χ0v) is 11.0. The number of phenols is 1. The molecule has 0 aliphatic rings. The fourth-order valence-corrected chi connectivity index (χ4v) is 1.78. The molecule has 5 heteroatoms. The number of carbonyl (C=O) groups is 1. The quantitative estimate of drug-likeness (QED) is 0.649. The molecule has 0 spiro atoms. The maximum atomic E-state index is 11.6. The molecular formula is C11H13BrClNO2. The zero-order valence-electron chi connectivity index (χ0n) is 8.67. The van der Waals surface area contributed by atoms with E-state index in [1.165, 1.54) is 12.1 Å². The number of nitrogens with one attached hydrogen (secondary N) is 1. The molecular weight excluding hydrogens is 293 g/mol. The Morgan fingerprint density at radius 3 is 2.88 bits per heavy atom. The second kappa shape index (κ2) is 6.76. The smallest absolute Gasteiger partial charge is 0.255 e. The van der Waals surface area contributed by atoms with Crippen molar-refractivity contribution in [2.24, 2.45) is 0 Å². The van der Waals surface area contributed by atoms with E-state index in [1.807, 2.05) is 0 Å². The fraction of sp³-hybridized carbons (Fsp3) is 0.364. The van der Waals surface area contributed by atoms with Crippen LogP contribution in [0.25, 0.3) is 0 Å². The summed E-state index contributed by atoms with van der Waals surface area (Å²) >= 11 is 9.06. The van der Waals surface area contributed by atoms with E-state index in [0.29, 0.717) is 11.6 Å². The molecule has 3 nitrogen and oxygen atoms in total. The number of hydrogen-bond donors (Lipinski definition) is 2. The van der Waals surface area contributed by atoms with Gasteiger partial charge in [-0.15, -0.1) is 0 Å². The van der Waals surface area contributed by atoms with Crippen molar-refractivity contribution in [1.29, 1.82) is 0 Å². The molecule has 16 heavy (non-hydrogen) atoms. The second-order valence-corrected chi connectivity index (χ2v) is 4.54. The van der Waals surface area contributed by atoms with E-state index in [9.17, 15) is 9.90 Å². The monoisotopic (exact) mass is 305 g/mol. The Balaban J connectivity index is 2.55. The maximum Gasteiger partial charge on any atom is 0.255 e. The van der Waals surface area contributed by atoms with E-state index in [1.54, 1.807) is 6.07 Å². The molecule has 0 aromatic heterocycles. The lowest BCUT2D eigenvalue weighted by Gasteiger charge is -2.06. The Hall–Kier alpha value is -0.740. The number of aromatic hydroxyl groups is 1. The van der Waals surface area contributed by atoms with Crippen LogP contribution in [0.3, 0.4) is 0 Å². The Bertz CT molecular complexity index is 371. The summed E-state index contributed by atoms with van der Waals surface area (Å²) in [5, 5.41) is 13.6. The first-order chi connectivity index (χ1) is 7.65. The van der Waals surface area contributed by atoms with Crippen LogP contribution in [-0.4, -0.2) is 22.9 Å². The van der Waals surface area contributed by atoms with Gasteiger partial charge < -0.3 is 10.4 Å². The highest BCUT2D eigenvalue weighted by atomic mass is 79.9. The lowest BCUT2D eigenvalue weighted by atomic mass is 10.2. The van der Waals surface area contributed by atoms with Gasteiger partial charge in [0.15, 0.2) is 0 Å². The summed E-state index contributed by atoms with van der Waals surface area (Å²) in [5.74, 6) is -0.350. The van der Waals surface area contributed by atoms with E-state index < -0.39 is 0 Å². The Kier molecular flexibility index (Phi) is 5.63. The van der Waals surface area contributed by atoms with Gasteiger partial charge in [0, 0.05) is 16.9 Å². The summed E-state index contributed by atoms with van der Waals surface area (Å²) < 4.78 is 0. The van der Waals surface area contributed by atoms with Crippen LogP contribution in [0.2, 0.25) is 5.02 Å². The molecule has 0 saturated heterocycles. The fourth-order valence-electron chi connectivity index (χ4n) is 1.21. The minimum absolute atomic E-state index is 0.0533. The largest absolute Gasteiger partial charge is 0.507 e. The van der Waals surface area contributed by atoms with Gasteiger partial charge in [-0.3, -0.25) is 4.79 Å². The Morgan fingerprint density at radius 1 is 1.44 bits per heavy atom. The molecule has 1 rings (SSSR count). The van der Waals surface area contributed by atoms with Crippen LogP contribution in [-0.2, 0) is 0 Å². The standard InChI is InChI=1S/C11H13BrClNO2/c12-5-1-2-6-14-11(16)9-7-8(13)3-4-10(9)15/h3-4,7,15H,1-2,5-6H2,(H,14,16). The van der Waals surface area contributed by atoms with E-state index in [-0.39, 0.29) is 17.2 Å². The third-order valence-electron chi connectivity index (χ3n) is 2.05. The van der Waals surface area contributed by atoms with Crippen LogP contribution in [0, 0.1) is 0 Å². The number of carbonyl (C=O) groups excluding carboxylic acids is 1. The van der Waals surface area contributed by atoms with Crippen LogP contribution >= 0.6 is 27.5 Å². The first kappa shape index (κ1) is 13.3. The van der Waals surface area contributed by atoms with Crippen molar-refractivity contribution < 1.29 is 9.90 Å². The van der Waals surface area contributed by atoms with Crippen LogP contribution in [0.4, 0.5) is 0 Å². The van der Waals surface area contributed by atoms with Gasteiger partial charge >= 0.3 is 0 Å². The van der Waals surface area contributed by atoms with E-state index in [0.717, 1.165) is 18.2 Å². The summed E-state index contributed by atoms with van der Waals surface area (Å²) in [6.07, 6.45) is 1.90. The number of halogens is 2. The predicted molar refractivity (Wildman–Crippen MR) is 68.5 cm³/mol. The van der Waals surface area contributed by atoms with Crippen molar-refractivity contribution in [2.45, 2.75) is 12.8 Å². The molecule has 0 unspecified atom stereocenters. The van der Waals surface area contributed by atoms with Gasteiger partial charge in [-0.1, -0.05) is 27.5 Å². The third-order valence-corrected chi connectivity index (χ3v) is 2.85. The van der Waals surface area contributed by atoms with Gasteiger partial charge in [-0.05, 0) is 31.0 Å². The molecule has 0 bridgehead atoms. The minimum atomic E-state index is -0.297. The van der Waals surface area contributed by atoms with Crippen LogP contribution in [0.15, 0.2) is 18.2 Å². The van der Waals surface area contributed by atoms with Crippen molar-refractivity contribution in [1.82, 2.24) is 5.32 Å². The number of alkyl halides is 1. The topological polar surface area (TPSA) is 49.3 Å². The number of phenolic OH excluding ortho intramolecular Hbond substituents is 1. The molecule has 0 heterocycles. The summed E-state index contributed by atoms with van der Waals surface area (Å²) in [6.45, 7) is 0.594. The third kappa shape index (κ3) is 4.02. The molecule has 0 radical (unpaired) electrons. The first-order valence-electron chi connectivity index (χ1n) is 4.98. The van der Waals surface area contributed by atoms with Crippen molar-refractivity contribution in [3.63, 3.8) is 0 Å². The molecule has 0 fully saturated rings. The normalized spacial score (nSPS) is 10.1. The number of rotatable bonds is 5. The summed E-state index contributed by atoms with van der Waals surface area (Å²) in [7, 11) is 0. The van der Waals surface area contributed by atoms with Gasteiger partial charge in [0.2, 0.25) is 0 Å². The average Bonchev–Trinajstić information content (AvgIpc) is 2.27. The van der Waals surface area contributed by atoms with Gasteiger partial charge in [-0.25, -0.2) is 0 Å². The van der Waals surface area contributed by atoms with Crippen molar-refractivity contribution in [3.8, 4) is 5.75 Å². The summed E-state index contributed by atoms with van der Waals surface area (Å²) in [4.78, 5) is 11.6. The van der Waals surface area contributed by atoms with E-state index >= 15 is 0 Å². The Morgan fingerprint density at radius 2 is 2.19 bits per heavy atom. The summed E-state index contributed by atoms with van der Waals surface area (Å²) in [5.41, 5.74) is 0.214.